The van der Waals surface area contributed by atoms with Crippen molar-refractivity contribution in [1.82, 2.24) is 20.2 Å². The molecule has 2 heterocycles. The minimum Gasteiger partial charge on any atom is -0.497 e. The highest BCUT2D eigenvalue weighted by Gasteiger charge is 2.43. The molecule has 5 amide bonds. The van der Waals surface area contributed by atoms with Crippen molar-refractivity contribution >= 4 is 23.8 Å². The van der Waals surface area contributed by atoms with Crippen LogP contribution >= 0.6 is 0 Å². The molecular formula is C18H20N4O5. The number of carbonyl (C=O) groups excluding carboxylic acids is 4. The Bertz CT molecular complexity index is 835. The van der Waals surface area contributed by atoms with Gasteiger partial charge in [-0.05, 0) is 17.7 Å². The summed E-state index contributed by atoms with van der Waals surface area (Å²) in [5.74, 6) is -0.967. The molecule has 0 spiro atoms. The molecule has 27 heavy (non-hydrogen) atoms. The Morgan fingerprint density at radius 3 is 2.11 bits per heavy atom. The molecular weight excluding hydrogens is 352 g/mol. The minimum absolute atomic E-state index is 0.137. The molecule has 1 aromatic carbocycles. The summed E-state index contributed by atoms with van der Waals surface area (Å²) in [6.45, 7) is 1.39. The summed E-state index contributed by atoms with van der Waals surface area (Å²) >= 11 is 0. The zero-order chi connectivity index (χ0) is 19.9. The number of hydrogen-bond acceptors (Lipinski definition) is 6. The summed E-state index contributed by atoms with van der Waals surface area (Å²) in [6.07, 6.45) is 0.245. The van der Waals surface area contributed by atoms with Gasteiger partial charge in [-0.25, -0.2) is 9.80 Å². The lowest BCUT2D eigenvalue weighted by atomic mass is 9.99. The van der Waals surface area contributed by atoms with Gasteiger partial charge in [0, 0.05) is 27.4 Å². The van der Waals surface area contributed by atoms with E-state index in [1.54, 1.807) is 19.2 Å². The van der Waals surface area contributed by atoms with E-state index < -0.39 is 23.9 Å². The Balaban J connectivity index is 2.01. The molecule has 1 atom stereocenters. The number of amides is 5. The molecule has 1 aromatic rings. The van der Waals surface area contributed by atoms with Gasteiger partial charge in [-0.15, -0.1) is 0 Å². The first-order valence-electron chi connectivity index (χ1n) is 8.29. The third-order valence-electron chi connectivity index (χ3n) is 4.72. The number of ether oxygens (including phenoxy) is 1. The number of barbiturate groups is 1. The number of nitrogens with one attached hydrogen (secondary N) is 1. The number of nitrogens with zero attached hydrogens (tertiary/aromatic N) is 3. The SMILES string of the molecule is COc1ccc(C2CC(=C3C(=O)N(C)C(=O)N(C)C3=O)NN2C(C)=O)cc1. The van der Waals surface area contributed by atoms with Crippen molar-refractivity contribution < 1.29 is 23.9 Å². The van der Waals surface area contributed by atoms with E-state index in [-0.39, 0.29) is 17.9 Å². The molecule has 9 heteroatoms. The molecule has 0 radical (unpaired) electrons. The number of urea groups is 1. The van der Waals surface area contributed by atoms with Crippen LogP contribution < -0.4 is 10.2 Å². The van der Waals surface area contributed by atoms with Crippen molar-refractivity contribution in [2.45, 2.75) is 19.4 Å². The number of likely N-dealkylation sites (N-methyl/N-ethyl adjacent to an activating group) is 2. The number of carbonyl (C=O) groups is 4. The molecule has 0 saturated carbocycles. The summed E-state index contributed by atoms with van der Waals surface area (Å²) in [5.41, 5.74) is 3.88. The van der Waals surface area contributed by atoms with E-state index in [4.69, 9.17) is 4.74 Å². The van der Waals surface area contributed by atoms with Crippen molar-refractivity contribution in [2.75, 3.05) is 21.2 Å². The molecule has 2 aliphatic heterocycles. The second-order valence-electron chi connectivity index (χ2n) is 6.36. The zero-order valence-corrected chi connectivity index (χ0v) is 15.5. The summed E-state index contributed by atoms with van der Waals surface area (Å²) in [7, 11) is 4.19. The van der Waals surface area contributed by atoms with Crippen LogP contribution in [0, 0.1) is 0 Å². The predicted octanol–water partition coefficient (Wildman–Crippen LogP) is 0.798. The first-order valence-corrected chi connectivity index (χ1v) is 8.29. The molecule has 0 aromatic heterocycles. The smallest absolute Gasteiger partial charge is 0.333 e. The molecule has 9 nitrogen and oxygen atoms in total. The van der Waals surface area contributed by atoms with Crippen LogP contribution in [0.4, 0.5) is 4.79 Å². The largest absolute Gasteiger partial charge is 0.497 e. The van der Waals surface area contributed by atoms with Crippen LogP contribution in [0.1, 0.15) is 24.9 Å². The van der Waals surface area contributed by atoms with Crippen molar-refractivity contribution in [1.29, 1.82) is 0 Å². The Kier molecular flexibility index (Phi) is 4.61. The fourth-order valence-corrected chi connectivity index (χ4v) is 3.19. The van der Waals surface area contributed by atoms with E-state index >= 15 is 0 Å². The van der Waals surface area contributed by atoms with Crippen molar-refractivity contribution in [3.63, 3.8) is 0 Å². The van der Waals surface area contributed by atoms with Gasteiger partial charge in [-0.2, -0.15) is 0 Å². The molecule has 2 aliphatic rings. The van der Waals surface area contributed by atoms with Gasteiger partial charge in [-0.3, -0.25) is 29.6 Å². The fraction of sp³-hybridized carbons (Fsp3) is 0.333. The molecule has 2 fully saturated rings. The van der Waals surface area contributed by atoms with Gasteiger partial charge >= 0.3 is 6.03 Å². The average Bonchev–Trinajstić information content (AvgIpc) is 3.10. The van der Waals surface area contributed by atoms with Crippen LogP contribution in [-0.4, -0.2) is 59.8 Å². The molecule has 0 aliphatic carbocycles. The topological polar surface area (TPSA) is 99.3 Å². The standard InChI is InChI=1S/C18H20N4O5/c1-10(23)22-14(11-5-7-12(27-4)8-6-11)9-13(19-22)15-16(24)20(2)18(26)21(3)17(15)25/h5-8,14,19H,9H2,1-4H3. The second kappa shape index (κ2) is 6.75. The maximum atomic E-state index is 12.5. The Labute approximate surface area is 156 Å². The third-order valence-corrected chi connectivity index (χ3v) is 4.72. The number of benzene rings is 1. The van der Waals surface area contributed by atoms with E-state index in [2.05, 4.69) is 5.43 Å². The first kappa shape index (κ1) is 18.4. The maximum absolute atomic E-state index is 12.5. The van der Waals surface area contributed by atoms with Crippen molar-refractivity contribution in [2.24, 2.45) is 0 Å². The van der Waals surface area contributed by atoms with E-state index in [1.165, 1.54) is 26.0 Å². The van der Waals surface area contributed by atoms with Crippen LogP contribution in [0.2, 0.25) is 0 Å². The van der Waals surface area contributed by atoms with E-state index in [9.17, 15) is 19.2 Å². The van der Waals surface area contributed by atoms with Crippen LogP contribution in [0.25, 0.3) is 0 Å². The van der Waals surface area contributed by atoms with Gasteiger partial charge in [-0.1, -0.05) is 12.1 Å². The highest BCUT2D eigenvalue weighted by molar-refractivity contribution is 6.28. The molecule has 2 saturated heterocycles. The minimum atomic E-state index is -0.692. The second-order valence-corrected chi connectivity index (χ2v) is 6.36. The fourth-order valence-electron chi connectivity index (χ4n) is 3.19. The lowest BCUT2D eigenvalue weighted by Crippen LogP contribution is -2.54. The Morgan fingerprint density at radius 1 is 1.07 bits per heavy atom. The number of methoxy groups -OCH3 is 1. The van der Waals surface area contributed by atoms with E-state index in [0.29, 0.717) is 11.4 Å². The van der Waals surface area contributed by atoms with Gasteiger partial charge in [0.15, 0.2) is 0 Å². The summed E-state index contributed by atoms with van der Waals surface area (Å²) in [4.78, 5) is 50.8. The molecule has 142 valence electrons. The van der Waals surface area contributed by atoms with Crippen molar-refractivity contribution in [3.8, 4) is 5.75 Å². The van der Waals surface area contributed by atoms with E-state index in [1.807, 2.05) is 12.1 Å². The Morgan fingerprint density at radius 2 is 1.63 bits per heavy atom. The lowest BCUT2D eigenvalue weighted by molar-refractivity contribution is -0.135. The van der Waals surface area contributed by atoms with Crippen molar-refractivity contribution in [3.05, 3.63) is 41.1 Å². The van der Waals surface area contributed by atoms with Gasteiger partial charge in [0.1, 0.15) is 11.3 Å². The molecule has 3 rings (SSSR count). The van der Waals surface area contributed by atoms with Gasteiger partial charge < -0.3 is 4.74 Å². The van der Waals surface area contributed by atoms with Crippen LogP contribution in [0.15, 0.2) is 35.5 Å². The van der Waals surface area contributed by atoms with Gasteiger partial charge in [0.25, 0.3) is 11.8 Å². The number of rotatable bonds is 2. The normalized spacial score (nSPS) is 20.4. The number of hydrogen-bond donors (Lipinski definition) is 1. The average molecular weight is 372 g/mol. The van der Waals surface area contributed by atoms with Gasteiger partial charge in [0.05, 0.1) is 18.8 Å². The van der Waals surface area contributed by atoms with Crippen LogP contribution in [-0.2, 0) is 14.4 Å². The zero-order valence-electron chi connectivity index (χ0n) is 15.5. The number of hydrazine groups is 1. The monoisotopic (exact) mass is 372 g/mol. The highest BCUT2D eigenvalue weighted by atomic mass is 16.5. The predicted molar refractivity (Wildman–Crippen MR) is 94.0 cm³/mol. The quantitative estimate of drug-likeness (QED) is 0.609. The Hall–Kier alpha value is -3.36. The summed E-state index contributed by atoms with van der Waals surface area (Å²) in [5, 5.41) is 1.38. The third kappa shape index (κ3) is 3.01. The molecule has 1 N–H and O–H groups in total. The van der Waals surface area contributed by atoms with Crippen LogP contribution in [0.3, 0.4) is 0 Å². The van der Waals surface area contributed by atoms with Crippen LogP contribution in [0.5, 0.6) is 5.75 Å². The van der Waals surface area contributed by atoms with Gasteiger partial charge in [0.2, 0.25) is 5.91 Å². The molecule has 0 bridgehead atoms. The molecule has 1 unspecified atom stereocenters. The first-order chi connectivity index (χ1) is 12.8. The van der Waals surface area contributed by atoms with E-state index in [0.717, 1.165) is 15.4 Å². The highest BCUT2D eigenvalue weighted by Crippen LogP contribution is 2.35. The summed E-state index contributed by atoms with van der Waals surface area (Å²) in [6, 6.07) is 6.10. The number of imide groups is 2. The lowest BCUT2D eigenvalue weighted by Gasteiger charge is -2.29. The maximum Gasteiger partial charge on any atom is 0.333 e. The summed E-state index contributed by atoms with van der Waals surface area (Å²) < 4.78 is 5.15.